The van der Waals surface area contributed by atoms with Gasteiger partial charge in [0.15, 0.2) is 0 Å². The van der Waals surface area contributed by atoms with Crippen LogP contribution in [-0.2, 0) is 19.1 Å². The number of carboxylic acids is 1. The number of rotatable bonds is 10. The van der Waals surface area contributed by atoms with Crippen molar-refractivity contribution in [2.24, 2.45) is 5.41 Å². The van der Waals surface area contributed by atoms with Crippen molar-refractivity contribution in [2.75, 3.05) is 13.2 Å². The van der Waals surface area contributed by atoms with E-state index < -0.39 is 17.0 Å². The van der Waals surface area contributed by atoms with Crippen LogP contribution in [0.4, 0.5) is 0 Å². The standard InChI is InChI=1S/C17H27NO5/c1-5-17(6-2,15(21)22)10-12-23-16(3,4)9-11-18-13(19)7-8-14(18)20/h7-8H,5-6,9-12H2,1-4H3,(H,21,22). The quantitative estimate of drug-likeness (QED) is 0.623. The van der Waals surface area contributed by atoms with E-state index in [1.807, 2.05) is 27.7 Å². The van der Waals surface area contributed by atoms with Crippen molar-refractivity contribution in [3.8, 4) is 0 Å². The van der Waals surface area contributed by atoms with Crippen LogP contribution in [0.2, 0.25) is 0 Å². The van der Waals surface area contributed by atoms with Crippen molar-refractivity contribution in [1.29, 1.82) is 0 Å². The zero-order chi connectivity index (χ0) is 17.7. The monoisotopic (exact) mass is 325 g/mol. The van der Waals surface area contributed by atoms with Crippen molar-refractivity contribution in [1.82, 2.24) is 4.90 Å². The van der Waals surface area contributed by atoms with E-state index in [4.69, 9.17) is 4.74 Å². The van der Waals surface area contributed by atoms with Crippen LogP contribution in [-0.4, -0.2) is 46.5 Å². The second-order valence-electron chi connectivity index (χ2n) is 6.56. The van der Waals surface area contributed by atoms with Gasteiger partial charge in [0.05, 0.1) is 11.0 Å². The van der Waals surface area contributed by atoms with Gasteiger partial charge in [-0.05, 0) is 39.5 Å². The fourth-order valence-electron chi connectivity index (χ4n) is 2.64. The second kappa shape index (κ2) is 7.73. The fourth-order valence-corrected chi connectivity index (χ4v) is 2.64. The van der Waals surface area contributed by atoms with Gasteiger partial charge in [0.25, 0.3) is 11.8 Å². The Labute approximate surface area is 137 Å². The number of ether oxygens (including phenoxy) is 1. The van der Waals surface area contributed by atoms with Gasteiger partial charge < -0.3 is 9.84 Å². The summed E-state index contributed by atoms with van der Waals surface area (Å²) in [5.74, 6) is -1.39. The maximum absolute atomic E-state index is 11.5. The fraction of sp³-hybridized carbons (Fsp3) is 0.706. The number of aliphatic carboxylic acids is 1. The van der Waals surface area contributed by atoms with Crippen LogP contribution < -0.4 is 0 Å². The molecule has 0 aromatic carbocycles. The highest BCUT2D eigenvalue weighted by Crippen LogP contribution is 2.31. The molecule has 1 aliphatic rings. The lowest BCUT2D eigenvalue weighted by molar-refractivity contribution is -0.152. The van der Waals surface area contributed by atoms with E-state index in [1.54, 1.807) is 0 Å². The first-order valence-corrected chi connectivity index (χ1v) is 8.08. The summed E-state index contributed by atoms with van der Waals surface area (Å²) in [6.07, 6.45) is 4.60. The lowest BCUT2D eigenvalue weighted by Crippen LogP contribution is -2.37. The van der Waals surface area contributed by atoms with Gasteiger partial charge in [0.1, 0.15) is 0 Å². The predicted molar refractivity (Wildman–Crippen MR) is 85.8 cm³/mol. The molecule has 0 spiro atoms. The SMILES string of the molecule is CCC(CC)(CCOC(C)(C)CCN1C(=O)C=CC1=O)C(=O)O. The highest BCUT2D eigenvalue weighted by molar-refractivity contribution is 6.12. The minimum absolute atomic E-state index is 0.295. The number of hydrogen-bond donors (Lipinski definition) is 1. The number of imide groups is 1. The molecule has 23 heavy (non-hydrogen) atoms. The number of carboxylic acid groups (broad SMARTS) is 1. The molecule has 0 aromatic rings. The number of carbonyl (C=O) groups is 3. The molecular weight excluding hydrogens is 298 g/mol. The number of nitrogens with zero attached hydrogens (tertiary/aromatic N) is 1. The van der Waals surface area contributed by atoms with Gasteiger partial charge in [0.2, 0.25) is 0 Å². The molecule has 6 nitrogen and oxygen atoms in total. The molecule has 0 saturated carbocycles. The largest absolute Gasteiger partial charge is 0.481 e. The third-order valence-corrected chi connectivity index (χ3v) is 4.72. The molecule has 6 heteroatoms. The van der Waals surface area contributed by atoms with E-state index in [2.05, 4.69) is 0 Å². The Balaban J connectivity index is 2.48. The van der Waals surface area contributed by atoms with Gasteiger partial charge in [-0.15, -0.1) is 0 Å². The van der Waals surface area contributed by atoms with Crippen LogP contribution in [0.1, 0.15) is 53.4 Å². The Morgan fingerprint density at radius 3 is 2.09 bits per heavy atom. The number of hydrogen-bond acceptors (Lipinski definition) is 4. The summed E-state index contributed by atoms with van der Waals surface area (Å²) >= 11 is 0. The Kier molecular flexibility index (Phi) is 6.50. The molecule has 1 heterocycles. The summed E-state index contributed by atoms with van der Waals surface area (Å²) in [5.41, 5.74) is -1.28. The minimum atomic E-state index is -0.789. The Morgan fingerprint density at radius 2 is 1.65 bits per heavy atom. The zero-order valence-electron chi connectivity index (χ0n) is 14.4. The third-order valence-electron chi connectivity index (χ3n) is 4.72. The molecule has 0 aliphatic carbocycles. The van der Waals surface area contributed by atoms with Crippen molar-refractivity contribution in [3.63, 3.8) is 0 Å². The summed E-state index contributed by atoms with van der Waals surface area (Å²) < 4.78 is 5.84. The lowest BCUT2D eigenvalue weighted by atomic mass is 9.79. The first-order valence-electron chi connectivity index (χ1n) is 8.08. The topological polar surface area (TPSA) is 83.9 Å². The molecule has 0 fully saturated rings. The molecule has 0 unspecified atom stereocenters. The van der Waals surface area contributed by atoms with Gasteiger partial charge in [0, 0.05) is 25.3 Å². The molecule has 0 aromatic heterocycles. The van der Waals surface area contributed by atoms with E-state index >= 15 is 0 Å². The van der Waals surface area contributed by atoms with Crippen LogP contribution in [0, 0.1) is 5.41 Å². The lowest BCUT2D eigenvalue weighted by Gasteiger charge is -2.31. The summed E-state index contributed by atoms with van der Waals surface area (Å²) in [7, 11) is 0. The molecule has 1 aliphatic heterocycles. The summed E-state index contributed by atoms with van der Waals surface area (Å²) in [6, 6.07) is 0. The minimum Gasteiger partial charge on any atom is -0.481 e. The molecule has 0 bridgehead atoms. The van der Waals surface area contributed by atoms with Gasteiger partial charge in [-0.1, -0.05) is 13.8 Å². The van der Waals surface area contributed by atoms with Crippen molar-refractivity contribution in [3.05, 3.63) is 12.2 Å². The molecule has 130 valence electrons. The normalized spacial score (nSPS) is 15.6. The van der Waals surface area contributed by atoms with E-state index in [9.17, 15) is 19.5 Å². The van der Waals surface area contributed by atoms with Gasteiger partial charge in [-0.25, -0.2) is 0 Å². The van der Waals surface area contributed by atoms with Crippen LogP contribution >= 0.6 is 0 Å². The van der Waals surface area contributed by atoms with Gasteiger partial charge in [-0.3, -0.25) is 19.3 Å². The average Bonchev–Trinajstić information content (AvgIpc) is 2.80. The molecular formula is C17H27NO5. The van der Waals surface area contributed by atoms with E-state index in [-0.39, 0.29) is 11.8 Å². The van der Waals surface area contributed by atoms with Crippen LogP contribution in [0.25, 0.3) is 0 Å². The molecule has 1 rings (SSSR count). The highest BCUT2D eigenvalue weighted by atomic mass is 16.5. The Morgan fingerprint density at radius 1 is 1.13 bits per heavy atom. The van der Waals surface area contributed by atoms with Crippen LogP contribution in [0.3, 0.4) is 0 Å². The predicted octanol–water partition coefficient (Wildman–Crippen LogP) is 2.38. The van der Waals surface area contributed by atoms with E-state index in [0.717, 1.165) is 0 Å². The average molecular weight is 325 g/mol. The first-order chi connectivity index (χ1) is 10.7. The van der Waals surface area contributed by atoms with Crippen molar-refractivity contribution in [2.45, 2.75) is 59.0 Å². The van der Waals surface area contributed by atoms with Gasteiger partial charge >= 0.3 is 5.97 Å². The molecule has 1 N–H and O–H groups in total. The summed E-state index contributed by atoms with van der Waals surface area (Å²) in [5, 5.41) is 9.41. The maximum atomic E-state index is 11.5. The number of carbonyl (C=O) groups excluding carboxylic acids is 2. The van der Waals surface area contributed by atoms with Crippen LogP contribution in [0.5, 0.6) is 0 Å². The first kappa shape index (κ1) is 19.4. The Bertz CT molecular complexity index is 473. The Hall–Kier alpha value is -1.69. The molecule has 0 saturated heterocycles. The second-order valence-corrected chi connectivity index (χ2v) is 6.56. The molecule has 0 radical (unpaired) electrons. The third kappa shape index (κ3) is 4.89. The van der Waals surface area contributed by atoms with E-state index in [0.29, 0.717) is 38.8 Å². The maximum Gasteiger partial charge on any atom is 0.309 e. The zero-order valence-corrected chi connectivity index (χ0v) is 14.4. The summed E-state index contributed by atoms with van der Waals surface area (Å²) in [6.45, 7) is 8.14. The summed E-state index contributed by atoms with van der Waals surface area (Å²) in [4.78, 5) is 35.7. The van der Waals surface area contributed by atoms with Crippen molar-refractivity contribution >= 4 is 17.8 Å². The molecule has 0 atom stereocenters. The van der Waals surface area contributed by atoms with Gasteiger partial charge in [-0.2, -0.15) is 0 Å². The smallest absolute Gasteiger partial charge is 0.309 e. The van der Waals surface area contributed by atoms with Crippen LogP contribution in [0.15, 0.2) is 12.2 Å². The van der Waals surface area contributed by atoms with Crippen molar-refractivity contribution < 1.29 is 24.2 Å². The number of amides is 2. The molecule has 2 amide bonds. The van der Waals surface area contributed by atoms with E-state index in [1.165, 1.54) is 17.1 Å². The highest BCUT2D eigenvalue weighted by Gasteiger charge is 2.35.